The molecule has 0 bridgehead atoms. The largest absolute Gasteiger partial charge is 0.368 e. The van der Waals surface area contributed by atoms with Crippen LogP contribution in [-0.2, 0) is 9.59 Å². The average Bonchev–Trinajstić information content (AvgIpc) is 3.11. The predicted octanol–water partition coefficient (Wildman–Crippen LogP) is 4.21. The summed E-state index contributed by atoms with van der Waals surface area (Å²) < 4.78 is 0. The van der Waals surface area contributed by atoms with Crippen LogP contribution in [0.3, 0.4) is 0 Å². The van der Waals surface area contributed by atoms with Crippen LogP contribution in [0.15, 0.2) is 18.2 Å². The van der Waals surface area contributed by atoms with E-state index in [9.17, 15) is 9.59 Å². The molecule has 1 aromatic carbocycles. The Kier molecular flexibility index (Phi) is 6.10. The van der Waals surface area contributed by atoms with Crippen molar-refractivity contribution in [3.05, 3.63) is 28.2 Å². The summed E-state index contributed by atoms with van der Waals surface area (Å²) in [7, 11) is 0. The van der Waals surface area contributed by atoms with Gasteiger partial charge in [0.1, 0.15) is 0 Å². The quantitative estimate of drug-likeness (QED) is 0.661. The van der Waals surface area contributed by atoms with E-state index in [0.717, 1.165) is 64.1 Å². The van der Waals surface area contributed by atoms with E-state index < -0.39 is 0 Å². The maximum absolute atomic E-state index is 12.8. The zero-order valence-electron chi connectivity index (χ0n) is 17.0. The van der Waals surface area contributed by atoms with Gasteiger partial charge in [0, 0.05) is 56.6 Å². The van der Waals surface area contributed by atoms with Gasteiger partial charge in [-0.25, -0.2) is 0 Å². The zero-order chi connectivity index (χ0) is 20.6. The van der Waals surface area contributed by atoms with Crippen molar-refractivity contribution in [3.63, 3.8) is 0 Å². The highest BCUT2D eigenvalue weighted by molar-refractivity contribution is 6.35. The van der Waals surface area contributed by atoms with Crippen molar-refractivity contribution >= 4 is 40.7 Å². The standard InChI is InChI=1S/C22H29Cl2N3O2/c1-16(27-20(28)13-22(14-21(27)29)6-2-3-7-22)15-25-8-10-26(11-9-25)19-12-17(23)4-5-18(19)24/h4-5,12,16H,2-3,6-11,13-15H2,1H3. The van der Waals surface area contributed by atoms with Gasteiger partial charge in [0.2, 0.25) is 11.8 Å². The van der Waals surface area contributed by atoms with Crippen LogP contribution >= 0.6 is 23.2 Å². The monoisotopic (exact) mass is 437 g/mol. The molecule has 1 spiro atoms. The summed E-state index contributed by atoms with van der Waals surface area (Å²) in [6.07, 6.45) is 5.45. The fraction of sp³-hybridized carbons (Fsp3) is 0.636. The minimum absolute atomic E-state index is 0.0278. The van der Waals surface area contributed by atoms with Gasteiger partial charge in [-0.2, -0.15) is 0 Å². The molecule has 0 radical (unpaired) electrons. The smallest absolute Gasteiger partial charge is 0.230 e. The van der Waals surface area contributed by atoms with E-state index in [1.165, 1.54) is 0 Å². The Morgan fingerprint density at radius 2 is 1.62 bits per heavy atom. The molecule has 2 aliphatic heterocycles. The molecule has 3 fully saturated rings. The molecule has 0 aromatic heterocycles. The number of amides is 2. The molecular formula is C22H29Cl2N3O2. The van der Waals surface area contributed by atoms with Crippen molar-refractivity contribution < 1.29 is 9.59 Å². The van der Waals surface area contributed by atoms with Crippen molar-refractivity contribution in [2.45, 2.75) is 51.5 Å². The number of imide groups is 1. The SMILES string of the molecule is CC(CN1CCN(c2cc(Cl)ccc2Cl)CC1)N1C(=O)CC2(CCCC2)CC1=O. The van der Waals surface area contributed by atoms with Crippen molar-refractivity contribution in [2.24, 2.45) is 5.41 Å². The van der Waals surface area contributed by atoms with E-state index in [-0.39, 0.29) is 23.3 Å². The molecule has 1 saturated carbocycles. The first-order valence-corrected chi connectivity index (χ1v) is 11.4. The summed E-state index contributed by atoms with van der Waals surface area (Å²) in [4.78, 5) is 31.7. The minimum Gasteiger partial charge on any atom is -0.368 e. The average molecular weight is 438 g/mol. The molecule has 0 N–H and O–H groups in total. The van der Waals surface area contributed by atoms with Gasteiger partial charge in [0.15, 0.2) is 0 Å². The molecule has 158 valence electrons. The van der Waals surface area contributed by atoms with Gasteiger partial charge in [-0.1, -0.05) is 36.0 Å². The molecule has 2 amide bonds. The third kappa shape index (κ3) is 4.42. The Morgan fingerprint density at radius 3 is 2.24 bits per heavy atom. The van der Waals surface area contributed by atoms with Crippen LogP contribution in [0.1, 0.15) is 45.4 Å². The fourth-order valence-corrected chi connectivity index (χ4v) is 5.74. The molecule has 7 heteroatoms. The highest BCUT2D eigenvalue weighted by atomic mass is 35.5. The van der Waals surface area contributed by atoms with Gasteiger partial charge in [0.25, 0.3) is 0 Å². The second kappa shape index (κ2) is 8.44. The maximum Gasteiger partial charge on any atom is 0.230 e. The van der Waals surface area contributed by atoms with Gasteiger partial charge >= 0.3 is 0 Å². The topological polar surface area (TPSA) is 43.9 Å². The van der Waals surface area contributed by atoms with Crippen LogP contribution in [0.5, 0.6) is 0 Å². The highest BCUT2D eigenvalue weighted by Crippen LogP contribution is 2.47. The molecule has 1 atom stereocenters. The van der Waals surface area contributed by atoms with Crippen LogP contribution in [0.2, 0.25) is 10.0 Å². The van der Waals surface area contributed by atoms with Gasteiger partial charge in [-0.15, -0.1) is 0 Å². The second-order valence-corrected chi connectivity index (χ2v) is 9.79. The molecular weight excluding hydrogens is 409 g/mol. The molecule has 3 aliphatic rings. The number of rotatable bonds is 4. The number of piperazine rings is 1. The summed E-state index contributed by atoms with van der Waals surface area (Å²) in [5.41, 5.74) is 0.932. The number of likely N-dealkylation sites (tertiary alicyclic amines) is 1. The van der Waals surface area contributed by atoms with Crippen molar-refractivity contribution in [2.75, 3.05) is 37.6 Å². The number of benzene rings is 1. The van der Waals surface area contributed by atoms with Crippen LogP contribution in [0.4, 0.5) is 5.69 Å². The molecule has 1 aromatic rings. The molecule has 29 heavy (non-hydrogen) atoms. The van der Waals surface area contributed by atoms with Gasteiger partial charge < -0.3 is 4.90 Å². The van der Waals surface area contributed by atoms with E-state index in [0.29, 0.717) is 22.9 Å². The van der Waals surface area contributed by atoms with E-state index in [1.807, 2.05) is 19.1 Å². The third-order valence-electron chi connectivity index (χ3n) is 6.84. The second-order valence-electron chi connectivity index (χ2n) is 8.95. The number of piperidine rings is 1. The first-order chi connectivity index (χ1) is 13.9. The summed E-state index contributed by atoms with van der Waals surface area (Å²) in [6, 6.07) is 5.45. The Balaban J connectivity index is 1.33. The van der Waals surface area contributed by atoms with Gasteiger partial charge in [-0.3, -0.25) is 19.4 Å². The van der Waals surface area contributed by atoms with Crippen LogP contribution in [0.25, 0.3) is 0 Å². The number of anilines is 1. The van der Waals surface area contributed by atoms with Crippen LogP contribution < -0.4 is 4.90 Å². The molecule has 4 rings (SSSR count). The molecule has 1 aliphatic carbocycles. The molecule has 5 nitrogen and oxygen atoms in total. The molecule has 2 heterocycles. The van der Waals surface area contributed by atoms with Crippen LogP contribution in [-0.4, -0.2) is 60.4 Å². The molecule has 2 saturated heterocycles. The number of carbonyl (C=O) groups is 2. The zero-order valence-corrected chi connectivity index (χ0v) is 18.5. The first-order valence-electron chi connectivity index (χ1n) is 10.6. The number of hydrogen-bond acceptors (Lipinski definition) is 4. The lowest BCUT2D eigenvalue weighted by atomic mass is 9.76. The Hall–Kier alpha value is -1.30. The highest BCUT2D eigenvalue weighted by Gasteiger charge is 2.46. The predicted molar refractivity (Wildman–Crippen MR) is 117 cm³/mol. The minimum atomic E-state index is -0.0879. The lowest BCUT2D eigenvalue weighted by Gasteiger charge is -2.42. The number of nitrogens with zero attached hydrogens (tertiary/aromatic N) is 3. The molecule has 1 unspecified atom stereocenters. The lowest BCUT2D eigenvalue weighted by molar-refractivity contribution is -0.156. The third-order valence-corrected chi connectivity index (χ3v) is 7.39. The lowest BCUT2D eigenvalue weighted by Crippen LogP contribution is -2.56. The normalized spacial score (nSPS) is 23.8. The summed E-state index contributed by atoms with van der Waals surface area (Å²) >= 11 is 12.5. The van der Waals surface area contributed by atoms with Crippen molar-refractivity contribution in [1.29, 1.82) is 0 Å². The summed E-state index contributed by atoms with van der Waals surface area (Å²) in [5.74, 6) is 0.0555. The van der Waals surface area contributed by atoms with E-state index in [2.05, 4.69) is 9.80 Å². The number of hydrogen-bond donors (Lipinski definition) is 0. The first kappa shape index (κ1) is 21.0. The van der Waals surface area contributed by atoms with Gasteiger partial charge in [0.05, 0.1) is 10.7 Å². The number of carbonyl (C=O) groups excluding carboxylic acids is 2. The van der Waals surface area contributed by atoms with E-state index in [4.69, 9.17) is 23.2 Å². The number of halogens is 2. The summed E-state index contributed by atoms with van der Waals surface area (Å²) in [5, 5.41) is 1.39. The summed E-state index contributed by atoms with van der Waals surface area (Å²) in [6.45, 7) is 6.15. The Bertz CT molecular complexity index is 766. The van der Waals surface area contributed by atoms with E-state index in [1.54, 1.807) is 11.0 Å². The van der Waals surface area contributed by atoms with Gasteiger partial charge in [-0.05, 0) is 43.4 Å². The maximum atomic E-state index is 12.8. The Morgan fingerprint density at radius 1 is 1.00 bits per heavy atom. The Labute approximate surface area is 182 Å². The van der Waals surface area contributed by atoms with Crippen molar-refractivity contribution in [3.8, 4) is 0 Å². The fourth-order valence-electron chi connectivity index (χ4n) is 5.34. The van der Waals surface area contributed by atoms with Crippen LogP contribution in [0, 0.1) is 5.41 Å². The van der Waals surface area contributed by atoms with E-state index >= 15 is 0 Å². The van der Waals surface area contributed by atoms with Crippen molar-refractivity contribution in [1.82, 2.24) is 9.80 Å².